The van der Waals surface area contributed by atoms with Crippen LogP contribution < -0.4 is 16.0 Å². The molecule has 2 aromatic rings. The molecule has 6 nitrogen and oxygen atoms in total. The van der Waals surface area contributed by atoms with Crippen LogP contribution in [0.3, 0.4) is 0 Å². The Bertz CT molecular complexity index is 902. The molecule has 0 atom stereocenters. The second-order valence-electron chi connectivity index (χ2n) is 5.83. The second kappa shape index (κ2) is 5.30. The van der Waals surface area contributed by atoms with Crippen molar-refractivity contribution >= 4 is 34.9 Å². The molecule has 3 heterocycles. The Kier molecular flexibility index (Phi) is 3.23. The molecule has 2 aliphatic heterocycles. The Morgan fingerprint density at radius 3 is 2.96 bits per heavy atom. The number of amidine groups is 1. The first-order chi connectivity index (χ1) is 11.6. The molecule has 0 saturated heterocycles. The lowest BCUT2D eigenvalue weighted by Gasteiger charge is -2.28. The minimum Gasteiger partial charge on any atom is -0.396 e. The number of aliphatic imine (C=N–C) groups is 1. The fourth-order valence-corrected chi connectivity index (χ4v) is 3.10. The maximum atomic E-state index is 13.7. The summed E-state index contributed by atoms with van der Waals surface area (Å²) in [4.78, 5) is 15.5. The van der Waals surface area contributed by atoms with E-state index in [4.69, 9.17) is 5.73 Å². The Labute approximate surface area is 138 Å². The Morgan fingerprint density at radius 2 is 2.17 bits per heavy atom. The summed E-state index contributed by atoms with van der Waals surface area (Å²) in [5.74, 6) is 1.85. The van der Waals surface area contributed by atoms with Gasteiger partial charge >= 0.3 is 0 Å². The van der Waals surface area contributed by atoms with Crippen molar-refractivity contribution in [3.63, 3.8) is 0 Å². The topological polar surface area (TPSA) is 79.4 Å². The molecular formula is C17H17FN6. The molecule has 0 saturated carbocycles. The van der Waals surface area contributed by atoms with E-state index in [1.165, 1.54) is 6.07 Å². The van der Waals surface area contributed by atoms with Crippen LogP contribution in [0.4, 0.5) is 21.8 Å². The third-order valence-electron chi connectivity index (χ3n) is 4.29. The van der Waals surface area contributed by atoms with E-state index in [1.54, 1.807) is 19.3 Å². The number of nitrogens with zero attached hydrogens (tertiary/aromatic N) is 4. The highest BCUT2D eigenvalue weighted by Crippen LogP contribution is 2.36. The number of fused-ring (bicyclic) bond motifs is 3. The first-order valence-electron chi connectivity index (χ1n) is 7.73. The molecule has 0 spiro atoms. The van der Waals surface area contributed by atoms with E-state index in [-0.39, 0.29) is 5.69 Å². The maximum absolute atomic E-state index is 13.7. The summed E-state index contributed by atoms with van der Waals surface area (Å²) in [6.07, 6.45) is 3.78. The quantitative estimate of drug-likeness (QED) is 0.829. The van der Waals surface area contributed by atoms with Crippen LogP contribution in [-0.4, -0.2) is 35.9 Å². The van der Waals surface area contributed by atoms with Crippen LogP contribution in [0.1, 0.15) is 16.7 Å². The Morgan fingerprint density at radius 1 is 1.33 bits per heavy atom. The first kappa shape index (κ1) is 14.6. The SMILES string of the molecule is CNc1ncc2c(n1)N1CCN=C1C(c1cc(N)c(F)cc1C)=C2. The lowest BCUT2D eigenvalue weighted by molar-refractivity contribution is 0.631. The number of anilines is 3. The summed E-state index contributed by atoms with van der Waals surface area (Å²) in [6.45, 7) is 3.32. The number of rotatable bonds is 2. The standard InChI is InChI=1S/C17H17FN6/c1-9-5-13(18)14(19)7-11(9)12-6-10-8-22-17(20-2)23-15(10)24-4-3-21-16(12)24/h5-8H,3-4,19H2,1-2H3,(H,20,22,23). The number of hydrogen-bond donors (Lipinski definition) is 2. The zero-order chi connectivity index (χ0) is 16.8. The normalized spacial score (nSPS) is 15.5. The second-order valence-corrected chi connectivity index (χ2v) is 5.83. The molecule has 0 amide bonds. The van der Waals surface area contributed by atoms with E-state index < -0.39 is 5.82 Å². The molecule has 3 N–H and O–H groups in total. The van der Waals surface area contributed by atoms with E-state index in [9.17, 15) is 4.39 Å². The predicted molar refractivity (Wildman–Crippen MR) is 94.6 cm³/mol. The minimum absolute atomic E-state index is 0.134. The molecule has 122 valence electrons. The zero-order valence-electron chi connectivity index (χ0n) is 13.5. The van der Waals surface area contributed by atoms with Gasteiger partial charge < -0.3 is 16.0 Å². The van der Waals surface area contributed by atoms with E-state index in [2.05, 4.69) is 25.2 Å². The summed E-state index contributed by atoms with van der Waals surface area (Å²) < 4.78 is 13.7. The molecule has 0 fully saturated rings. The van der Waals surface area contributed by atoms with Crippen LogP contribution in [0.5, 0.6) is 0 Å². The molecule has 0 bridgehead atoms. The molecule has 0 unspecified atom stereocenters. The van der Waals surface area contributed by atoms with Crippen LogP contribution in [0, 0.1) is 12.7 Å². The van der Waals surface area contributed by atoms with Gasteiger partial charge in [0.05, 0.1) is 12.2 Å². The van der Waals surface area contributed by atoms with Gasteiger partial charge in [0.1, 0.15) is 17.5 Å². The average Bonchev–Trinajstić information content (AvgIpc) is 3.07. The first-order valence-corrected chi connectivity index (χ1v) is 7.73. The molecular weight excluding hydrogens is 307 g/mol. The van der Waals surface area contributed by atoms with Gasteiger partial charge in [0.25, 0.3) is 0 Å². The van der Waals surface area contributed by atoms with Crippen molar-refractivity contribution in [3.05, 3.63) is 40.8 Å². The summed E-state index contributed by atoms with van der Waals surface area (Å²) in [7, 11) is 1.79. The number of halogens is 1. The van der Waals surface area contributed by atoms with Crippen LogP contribution in [0.15, 0.2) is 23.3 Å². The number of benzene rings is 1. The summed E-state index contributed by atoms with van der Waals surface area (Å²) in [5, 5.41) is 2.96. The molecule has 1 aromatic carbocycles. The van der Waals surface area contributed by atoms with Crippen molar-refractivity contribution < 1.29 is 4.39 Å². The average molecular weight is 324 g/mol. The van der Waals surface area contributed by atoms with E-state index in [0.29, 0.717) is 12.5 Å². The highest BCUT2D eigenvalue weighted by atomic mass is 19.1. The van der Waals surface area contributed by atoms with E-state index >= 15 is 0 Å². The van der Waals surface area contributed by atoms with Crippen LogP contribution >= 0.6 is 0 Å². The van der Waals surface area contributed by atoms with Crippen LogP contribution in [-0.2, 0) is 0 Å². The third kappa shape index (κ3) is 2.12. The number of nitrogens with two attached hydrogens (primary N) is 1. The molecule has 7 heteroatoms. The smallest absolute Gasteiger partial charge is 0.224 e. The van der Waals surface area contributed by atoms with Gasteiger partial charge in [-0.2, -0.15) is 4.98 Å². The van der Waals surface area contributed by atoms with Gasteiger partial charge in [0.15, 0.2) is 0 Å². The molecule has 0 radical (unpaired) electrons. The van der Waals surface area contributed by atoms with E-state index in [0.717, 1.165) is 40.5 Å². The lowest BCUT2D eigenvalue weighted by Crippen LogP contribution is -2.32. The van der Waals surface area contributed by atoms with Crippen molar-refractivity contribution in [1.82, 2.24) is 9.97 Å². The van der Waals surface area contributed by atoms with Crippen LogP contribution in [0.25, 0.3) is 11.6 Å². The van der Waals surface area contributed by atoms with Crippen molar-refractivity contribution in [3.8, 4) is 0 Å². The summed E-state index contributed by atoms with van der Waals surface area (Å²) >= 11 is 0. The fourth-order valence-electron chi connectivity index (χ4n) is 3.10. The highest BCUT2D eigenvalue weighted by molar-refractivity contribution is 6.36. The van der Waals surface area contributed by atoms with Gasteiger partial charge in [-0.1, -0.05) is 0 Å². The number of hydrogen-bond acceptors (Lipinski definition) is 6. The van der Waals surface area contributed by atoms with Gasteiger partial charge in [-0.05, 0) is 36.3 Å². The number of nitrogen functional groups attached to an aromatic ring is 1. The summed E-state index contributed by atoms with van der Waals surface area (Å²) in [5.41, 5.74) is 9.44. The fraction of sp³-hybridized carbons (Fsp3) is 0.235. The van der Waals surface area contributed by atoms with Crippen molar-refractivity contribution in [1.29, 1.82) is 0 Å². The van der Waals surface area contributed by atoms with Gasteiger partial charge in [0, 0.05) is 30.9 Å². The summed E-state index contributed by atoms with van der Waals surface area (Å²) in [6, 6.07) is 3.13. The van der Waals surface area contributed by atoms with Crippen LogP contribution in [0.2, 0.25) is 0 Å². The molecule has 2 aliphatic rings. The predicted octanol–water partition coefficient (Wildman–Crippen LogP) is 2.32. The number of nitrogens with one attached hydrogen (secondary N) is 1. The highest BCUT2D eigenvalue weighted by Gasteiger charge is 2.31. The molecule has 1 aromatic heterocycles. The maximum Gasteiger partial charge on any atom is 0.224 e. The Hall–Kier alpha value is -2.96. The van der Waals surface area contributed by atoms with E-state index in [1.807, 2.05) is 13.0 Å². The lowest BCUT2D eigenvalue weighted by atomic mass is 9.94. The molecule has 24 heavy (non-hydrogen) atoms. The number of aromatic nitrogens is 2. The monoisotopic (exact) mass is 324 g/mol. The van der Waals surface area contributed by atoms with Crippen molar-refractivity contribution in [2.24, 2.45) is 4.99 Å². The van der Waals surface area contributed by atoms with Crippen molar-refractivity contribution in [2.45, 2.75) is 6.92 Å². The Balaban J connectivity index is 1.92. The van der Waals surface area contributed by atoms with Gasteiger partial charge in [0.2, 0.25) is 5.95 Å². The minimum atomic E-state index is -0.403. The molecule has 0 aliphatic carbocycles. The zero-order valence-corrected chi connectivity index (χ0v) is 13.5. The van der Waals surface area contributed by atoms with Crippen molar-refractivity contribution in [2.75, 3.05) is 36.1 Å². The number of aryl methyl sites for hydroxylation is 1. The molecule has 4 rings (SSSR count). The van der Waals surface area contributed by atoms with Gasteiger partial charge in [-0.3, -0.25) is 4.99 Å². The largest absolute Gasteiger partial charge is 0.396 e. The third-order valence-corrected chi connectivity index (χ3v) is 4.29. The van der Waals surface area contributed by atoms with Gasteiger partial charge in [-0.15, -0.1) is 0 Å². The van der Waals surface area contributed by atoms with Gasteiger partial charge in [-0.25, -0.2) is 9.37 Å².